The number of piperidine rings is 1. The van der Waals surface area contributed by atoms with E-state index in [0.717, 1.165) is 31.0 Å². The highest BCUT2D eigenvalue weighted by Crippen LogP contribution is 2.38. The Balaban J connectivity index is 0.00000341. The van der Waals surface area contributed by atoms with Crippen molar-refractivity contribution in [2.24, 2.45) is 10.9 Å². The van der Waals surface area contributed by atoms with Crippen LogP contribution in [0.1, 0.15) is 30.4 Å². The number of rotatable bonds is 6. The largest absolute Gasteiger partial charge is 0.493 e. The summed E-state index contributed by atoms with van der Waals surface area (Å²) in [6, 6.07) is 14.8. The second-order valence-corrected chi connectivity index (χ2v) is 7.66. The lowest BCUT2D eigenvalue weighted by atomic mass is 9.82. The molecule has 0 amide bonds. The SMILES string of the molecule is CN=C(NCc1cc(OC)c(OC)c(OC)c1)N1CCC(c2ccccc2)C(C)C1.I. The number of hydrogen-bond acceptors (Lipinski definition) is 4. The van der Waals surface area contributed by atoms with E-state index in [1.54, 1.807) is 21.3 Å². The first-order chi connectivity index (χ1) is 14.6. The lowest BCUT2D eigenvalue weighted by molar-refractivity contribution is 0.234. The first kappa shape index (κ1) is 25.1. The van der Waals surface area contributed by atoms with E-state index in [1.165, 1.54) is 5.56 Å². The molecule has 0 aliphatic carbocycles. The maximum atomic E-state index is 5.46. The minimum atomic E-state index is 0. The van der Waals surface area contributed by atoms with Crippen LogP contribution in [-0.2, 0) is 6.54 Å². The molecule has 1 aliphatic rings. The Hall–Kier alpha value is -2.16. The molecule has 1 aliphatic heterocycles. The van der Waals surface area contributed by atoms with Crippen molar-refractivity contribution in [3.8, 4) is 17.2 Å². The van der Waals surface area contributed by atoms with Crippen molar-refractivity contribution in [1.82, 2.24) is 10.2 Å². The smallest absolute Gasteiger partial charge is 0.203 e. The van der Waals surface area contributed by atoms with Gasteiger partial charge in [-0.05, 0) is 41.5 Å². The molecule has 2 aromatic rings. The Morgan fingerprint density at radius 2 is 1.71 bits per heavy atom. The van der Waals surface area contributed by atoms with Gasteiger partial charge in [0.2, 0.25) is 5.75 Å². The highest BCUT2D eigenvalue weighted by atomic mass is 127. The summed E-state index contributed by atoms with van der Waals surface area (Å²) in [5, 5.41) is 3.49. The number of aliphatic imine (C=N–C) groups is 1. The van der Waals surface area contributed by atoms with Gasteiger partial charge in [-0.1, -0.05) is 37.3 Å². The number of likely N-dealkylation sites (tertiary alicyclic amines) is 1. The molecule has 1 saturated heterocycles. The van der Waals surface area contributed by atoms with Gasteiger partial charge in [-0.3, -0.25) is 4.99 Å². The van der Waals surface area contributed by atoms with Crippen LogP contribution < -0.4 is 19.5 Å². The maximum Gasteiger partial charge on any atom is 0.203 e. The summed E-state index contributed by atoms with van der Waals surface area (Å²) < 4.78 is 16.3. The fourth-order valence-electron chi connectivity index (χ4n) is 4.28. The average Bonchev–Trinajstić information content (AvgIpc) is 2.79. The standard InChI is InChI=1S/C24H33N3O3.HI/c1-17-16-27(12-11-20(17)19-9-7-6-8-10-19)24(25-2)26-15-18-13-21(28-3)23(30-5)22(14-18)29-4;/h6-10,13-14,17,20H,11-12,15-16H2,1-5H3,(H,25,26);1H. The molecular weight excluding hydrogens is 505 g/mol. The second-order valence-electron chi connectivity index (χ2n) is 7.66. The van der Waals surface area contributed by atoms with Crippen LogP contribution in [0.5, 0.6) is 17.2 Å². The number of benzene rings is 2. The van der Waals surface area contributed by atoms with Crippen LogP contribution in [-0.4, -0.2) is 52.3 Å². The van der Waals surface area contributed by atoms with Gasteiger partial charge in [-0.15, -0.1) is 24.0 Å². The van der Waals surface area contributed by atoms with Crippen LogP contribution in [0.2, 0.25) is 0 Å². The molecule has 0 bridgehead atoms. The molecule has 170 valence electrons. The highest BCUT2D eigenvalue weighted by molar-refractivity contribution is 14.0. The molecule has 2 unspecified atom stereocenters. The molecule has 31 heavy (non-hydrogen) atoms. The van der Waals surface area contributed by atoms with Crippen LogP contribution >= 0.6 is 24.0 Å². The number of ether oxygens (including phenoxy) is 3. The van der Waals surface area contributed by atoms with E-state index < -0.39 is 0 Å². The summed E-state index contributed by atoms with van der Waals surface area (Å²) in [6.45, 7) is 4.92. The van der Waals surface area contributed by atoms with Crippen LogP contribution in [0.25, 0.3) is 0 Å². The molecule has 1 heterocycles. The van der Waals surface area contributed by atoms with Crippen LogP contribution in [0.15, 0.2) is 47.5 Å². The molecule has 0 saturated carbocycles. The minimum Gasteiger partial charge on any atom is -0.493 e. The van der Waals surface area contributed by atoms with Gasteiger partial charge in [0.1, 0.15) is 0 Å². The van der Waals surface area contributed by atoms with E-state index in [9.17, 15) is 0 Å². The van der Waals surface area contributed by atoms with Crippen LogP contribution in [0.4, 0.5) is 0 Å². The number of nitrogens with one attached hydrogen (secondary N) is 1. The van der Waals surface area contributed by atoms with Gasteiger partial charge in [-0.25, -0.2) is 0 Å². The molecule has 2 aromatic carbocycles. The van der Waals surface area contributed by atoms with E-state index >= 15 is 0 Å². The topological polar surface area (TPSA) is 55.3 Å². The zero-order chi connectivity index (χ0) is 21.5. The molecular formula is C24H34IN3O3. The third kappa shape index (κ3) is 5.96. The molecule has 0 aromatic heterocycles. The predicted octanol–water partition coefficient (Wildman–Crippen LogP) is 4.53. The van der Waals surface area contributed by atoms with E-state index in [2.05, 4.69) is 52.5 Å². The Morgan fingerprint density at radius 1 is 1.06 bits per heavy atom. The number of methoxy groups -OCH3 is 3. The summed E-state index contributed by atoms with van der Waals surface area (Å²) in [7, 11) is 6.71. The Morgan fingerprint density at radius 3 is 2.23 bits per heavy atom. The molecule has 1 N–H and O–H groups in total. The van der Waals surface area contributed by atoms with Gasteiger partial charge in [0, 0.05) is 26.7 Å². The predicted molar refractivity (Wildman–Crippen MR) is 136 cm³/mol. The van der Waals surface area contributed by atoms with Gasteiger partial charge in [0.15, 0.2) is 17.5 Å². The van der Waals surface area contributed by atoms with E-state index in [-0.39, 0.29) is 24.0 Å². The summed E-state index contributed by atoms with van der Waals surface area (Å²) in [4.78, 5) is 6.87. The zero-order valence-electron chi connectivity index (χ0n) is 19.1. The summed E-state index contributed by atoms with van der Waals surface area (Å²) in [5.74, 6) is 3.98. The number of guanidine groups is 1. The lowest BCUT2D eigenvalue weighted by Gasteiger charge is -2.39. The third-order valence-electron chi connectivity index (χ3n) is 5.82. The molecule has 2 atom stereocenters. The van der Waals surface area contributed by atoms with Crippen molar-refractivity contribution >= 4 is 29.9 Å². The summed E-state index contributed by atoms with van der Waals surface area (Å²) >= 11 is 0. The fraction of sp³-hybridized carbons (Fsp3) is 0.458. The Bertz CT molecular complexity index is 835. The van der Waals surface area contributed by atoms with Crippen molar-refractivity contribution in [1.29, 1.82) is 0 Å². The first-order valence-corrected chi connectivity index (χ1v) is 10.4. The van der Waals surface area contributed by atoms with Crippen molar-refractivity contribution in [3.05, 3.63) is 53.6 Å². The normalized spacial score (nSPS) is 18.7. The van der Waals surface area contributed by atoms with Crippen LogP contribution in [0, 0.1) is 5.92 Å². The fourth-order valence-corrected chi connectivity index (χ4v) is 4.28. The van der Waals surface area contributed by atoms with Gasteiger partial charge >= 0.3 is 0 Å². The second kappa shape index (κ2) is 12.0. The molecule has 0 radical (unpaired) electrons. The van der Waals surface area contributed by atoms with Crippen LogP contribution in [0.3, 0.4) is 0 Å². The van der Waals surface area contributed by atoms with E-state index in [1.807, 2.05) is 19.2 Å². The molecule has 6 nitrogen and oxygen atoms in total. The van der Waals surface area contributed by atoms with Gasteiger partial charge in [0.25, 0.3) is 0 Å². The van der Waals surface area contributed by atoms with Gasteiger partial charge in [0.05, 0.1) is 21.3 Å². The maximum absolute atomic E-state index is 5.46. The van der Waals surface area contributed by atoms with E-state index in [0.29, 0.717) is 35.6 Å². The Labute approximate surface area is 203 Å². The van der Waals surface area contributed by atoms with Crippen molar-refractivity contribution < 1.29 is 14.2 Å². The number of hydrogen-bond donors (Lipinski definition) is 1. The van der Waals surface area contributed by atoms with E-state index in [4.69, 9.17) is 14.2 Å². The first-order valence-electron chi connectivity index (χ1n) is 10.4. The number of halogens is 1. The summed E-state index contributed by atoms with van der Waals surface area (Å²) in [5.41, 5.74) is 2.47. The molecule has 1 fully saturated rings. The van der Waals surface area contributed by atoms with Gasteiger partial charge < -0.3 is 24.4 Å². The quantitative estimate of drug-likeness (QED) is 0.332. The highest BCUT2D eigenvalue weighted by Gasteiger charge is 2.28. The molecule has 0 spiro atoms. The summed E-state index contributed by atoms with van der Waals surface area (Å²) in [6.07, 6.45) is 1.12. The van der Waals surface area contributed by atoms with Crippen molar-refractivity contribution in [3.63, 3.8) is 0 Å². The number of nitrogens with zero attached hydrogens (tertiary/aromatic N) is 2. The van der Waals surface area contributed by atoms with Crippen molar-refractivity contribution in [2.75, 3.05) is 41.5 Å². The minimum absolute atomic E-state index is 0. The van der Waals surface area contributed by atoms with Gasteiger partial charge in [-0.2, -0.15) is 0 Å². The molecule has 3 rings (SSSR count). The lowest BCUT2D eigenvalue weighted by Crippen LogP contribution is -2.47. The average molecular weight is 539 g/mol. The zero-order valence-corrected chi connectivity index (χ0v) is 21.4. The monoisotopic (exact) mass is 539 g/mol. The molecule has 7 heteroatoms. The Kier molecular flexibility index (Phi) is 9.74. The third-order valence-corrected chi connectivity index (χ3v) is 5.82. The van der Waals surface area contributed by atoms with Crippen molar-refractivity contribution in [2.45, 2.75) is 25.8 Å².